The molecular weight excluding hydrogens is 242 g/mol. The van der Waals surface area contributed by atoms with Crippen molar-refractivity contribution in [2.75, 3.05) is 18.2 Å². The lowest BCUT2D eigenvalue weighted by Gasteiger charge is -2.29. The van der Waals surface area contributed by atoms with Crippen LogP contribution in [-0.4, -0.2) is 25.2 Å². The molecule has 0 bridgehead atoms. The highest BCUT2D eigenvalue weighted by atomic mass is 32.2. The third-order valence-electron chi connectivity index (χ3n) is 3.79. The van der Waals surface area contributed by atoms with Crippen LogP contribution < -0.4 is 10.6 Å². The predicted octanol–water partition coefficient (Wildman–Crippen LogP) is 2.93. The van der Waals surface area contributed by atoms with Gasteiger partial charge < -0.3 is 10.6 Å². The van der Waals surface area contributed by atoms with Crippen LogP contribution in [0.25, 0.3) is 0 Å². The first-order valence-corrected chi connectivity index (χ1v) is 7.53. The van der Waals surface area contributed by atoms with E-state index in [0.29, 0.717) is 6.04 Å². The van der Waals surface area contributed by atoms with E-state index in [1.807, 2.05) is 18.4 Å². The summed E-state index contributed by atoms with van der Waals surface area (Å²) in [5.41, 5.74) is 7.72. The van der Waals surface area contributed by atoms with Crippen molar-refractivity contribution in [3.05, 3.63) is 23.8 Å². The molecule has 98 valence electrons. The zero-order valence-corrected chi connectivity index (χ0v) is 12.1. The number of rotatable bonds is 5. The Morgan fingerprint density at radius 1 is 1.50 bits per heavy atom. The van der Waals surface area contributed by atoms with Gasteiger partial charge in [-0.25, -0.2) is 0 Å². The van der Waals surface area contributed by atoms with E-state index >= 15 is 0 Å². The molecule has 0 amide bonds. The van der Waals surface area contributed by atoms with Crippen LogP contribution in [0.4, 0.5) is 5.69 Å². The standard InChI is InChI=1S/C14H21N3S/c1-9(10-7-8-10)17(2)11-5-4-6-12(18-3)13(11)14(15)16/h4-6,9-10H,7-8H2,1-3H3,(H3,15,16). The number of hydrogen-bond donors (Lipinski definition) is 2. The first kappa shape index (κ1) is 13.3. The number of nitrogens with one attached hydrogen (secondary N) is 1. The second-order valence-corrected chi connectivity index (χ2v) is 5.81. The zero-order valence-electron chi connectivity index (χ0n) is 11.2. The summed E-state index contributed by atoms with van der Waals surface area (Å²) in [5.74, 6) is 0.956. The largest absolute Gasteiger partial charge is 0.384 e. The van der Waals surface area contributed by atoms with E-state index < -0.39 is 0 Å². The van der Waals surface area contributed by atoms with Gasteiger partial charge in [-0.1, -0.05) is 6.07 Å². The molecule has 0 aliphatic heterocycles. The number of amidine groups is 1. The maximum absolute atomic E-state index is 7.82. The Bertz CT molecular complexity index is 454. The summed E-state index contributed by atoms with van der Waals surface area (Å²) in [6, 6.07) is 6.65. The third kappa shape index (κ3) is 2.48. The molecule has 0 heterocycles. The van der Waals surface area contributed by atoms with Crippen molar-refractivity contribution in [3.8, 4) is 0 Å². The molecule has 1 saturated carbocycles. The van der Waals surface area contributed by atoms with Gasteiger partial charge in [-0.15, -0.1) is 11.8 Å². The van der Waals surface area contributed by atoms with E-state index in [4.69, 9.17) is 11.1 Å². The topological polar surface area (TPSA) is 53.1 Å². The molecule has 1 unspecified atom stereocenters. The minimum absolute atomic E-state index is 0.157. The number of nitrogens with zero attached hydrogens (tertiary/aromatic N) is 1. The quantitative estimate of drug-likeness (QED) is 0.488. The van der Waals surface area contributed by atoms with Crippen molar-refractivity contribution in [2.24, 2.45) is 11.7 Å². The molecule has 1 fully saturated rings. The van der Waals surface area contributed by atoms with Gasteiger partial charge >= 0.3 is 0 Å². The number of benzene rings is 1. The maximum atomic E-state index is 7.82. The van der Waals surface area contributed by atoms with E-state index in [1.165, 1.54) is 12.8 Å². The summed E-state index contributed by atoms with van der Waals surface area (Å²) in [6.07, 6.45) is 4.67. The molecular formula is C14H21N3S. The SMILES string of the molecule is CSc1cccc(N(C)C(C)C2CC2)c1C(=N)N. The number of nitrogens with two attached hydrogens (primary N) is 1. The lowest BCUT2D eigenvalue weighted by atomic mass is 10.1. The second-order valence-electron chi connectivity index (χ2n) is 4.96. The van der Waals surface area contributed by atoms with Crippen LogP contribution in [0, 0.1) is 11.3 Å². The van der Waals surface area contributed by atoms with Crippen LogP contribution >= 0.6 is 11.8 Å². The highest BCUT2D eigenvalue weighted by Gasteiger charge is 2.31. The highest BCUT2D eigenvalue weighted by molar-refractivity contribution is 7.98. The molecule has 18 heavy (non-hydrogen) atoms. The number of hydrogen-bond acceptors (Lipinski definition) is 3. The second kappa shape index (κ2) is 5.22. The minimum Gasteiger partial charge on any atom is -0.384 e. The Morgan fingerprint density at radius 3 is 2.67 bits per heavy atom. The Kier molecular flexibility index (Phi) is 3.85. The lowest BCUT2D eigenvalue weighted by Crippen LogP contribution is -2.32. The molecule has 1 aromatic carbocycles. The van der Waals surface area contributed by atoms with Gasteiger partial charge in [-0.3, -0.25) is 5.41 Å². The maximum Gasteiger partial charge on any atom is 0.126 e. The van der Waals surface area contributed by atoms with E-state index in [0.717, 1.165) is 22.1 Å². The molecule has 1 aliphatic rings. The van der Waals surface area contributed by atoms with Crippen molar-refractivity contribution in [1.82, 2.24) is 0 Å². The van der Waals surface area contributed by atoms with E-state index in [-0.39, 0.29) is 5.84 Å². The molecule has 1 aromatic rings. The van der Waals surface area contributed by atoms with E-state index in [2.05, 4.69) is 24.9 Å². The fourth-order valence-corrected chi connectivity index (χ4v) is 3.00. The first-order chi connectivity index (χ1) is 8.56. The van der Waals surface area contributed by atoms with Gasteiger partial charge in [0.1, 0.15) is 5.84 Å². The Hall–Kier alpha value is -1.16. The summed E-state index contributed by atoms with van der Waals surface area (Å²) in [5, 5.41) is 7.82. The van der Waals surface area contributed by atoms with Gasteiger partial charge in [0, 0.05) is 23.7 Å². The molecule has 3 N–H and O–H groups in total. The number of thioether (sulfide) groups is 1. The predicted molar refractivity (Wildman–Crippen MR) is 79.8 cm³/mol. The van der Waals surface area contributed by atoms with Crippen LogP contribution in [0.3, 0.4) is 0 Å². The van der Waals surface area contributed by atoms with Gasteiger partial charge in [0.2, 0.25) is 0 Å². The summed E-state index contributed by atoms with van der Waals surface area (Å²) in [4.78, 5) is 3.35. The highest BCUT2D eigenvalue weighted by Crippen LogP contribution is 2.38. The molecule has 0 aromatic heterocycles. The molecule has 4 heteroatoms. The third-order valence-corrected chi connectivity index (χ3v) is 4.57. The molecule has 0 radical (unpaired) electrons. The van der Waals surface area contributed by atoms with Crippen molar-refractivity contribution in [3.63, 3.8) is 0 Å². The Balaban J connectivity index is 2.39. The van der Waals surface area contributed by atoms with Crippen molar-refractivity contribution >= 4 is 23.3 Å². The number of nitrogen functional groups attached to an aromatic ring is 1. The van der Waals surface area contributed by atoms with Crippen LogP contribution in [0.1, 0.15) is 25.3 Å². The Morgan fingerprint density at radius 2 is 2.17 bits per heavy atom. The van der Waals surface area contributed by atoms with Crippen LogP contribution in [0.5, 0.6) is 0 Å². The van der Waals surface area contributed by atoms with E-state index in [1.54, 1.807) is 11.8 Å². The van der Waals surface area contributed by atoms with Crippen molar-refractivity contribution < 1.29 is 0 Å². The van der Waals surface area contributed by atoms with Gasteiger partial charge in [-0.2, -0.15) is 0 Å². The molecule has 0 spiro atoms. The van der Waals surface area contributed by atoms with Crippen LogP contribution in [0.2, 0.25) is 0 Å². The van der Waals surface area contributed by atoms with Crippen LogP contribution in [-0.2, 0) is 0 Å². The van der Waals surface area contributed by atoms with Gasteiger partial charge in [0.25, 0.3) is 0 Å². The molecule has 3 nitrogen and oxygen atoms in total. The van der Waals surface area contributed by atoms with E-state index in [9.17, 15) is 0 Å². The fraction of sp³-hybridized carbons (Fsp3) is 0.500. The van der Waals surface area contributed by atoms with Crippen molar-refractivity contribution in [2.45, 2.75) is 30.7 Å². The van der Waals surface area contributed by atoms with Gasteiger partial charge in [-0.05, 0) is 44.1 Å². The molecule has 2 rings (SSSR count). The Labute approximate surface area is 113 Å². The molecule has 1 atom stereocenters. The van der Waals surface area contributed by atoms with Gasteiger partial charge in [0.05, 0.1) is 5.56 Å². The van der Waals surface area contributed by atoms with Gasteiger partial charge in [0.15, 0.2) is 0 Å². The minimum atomic E-state index is 0.157. The summed E-state index contributed by atoms with van der Waals surface area (Å²) in [7, 11) is 2.11. The average Bonchev–Trinajstić information content (AvgIpc) is 3.20. The molecule has 0 saturated heterocycles. The smallest absolute Gasteiger partial charge is 0.126 e. The zero-order chi connectivity index (χ0) is 13.3. The summed E-state index contributed by atoms with van der Waals surface area (Å²) < 4.78 is 0. The lowest BCUT2D eigenvalue weighted by molar-refractivity contribution is 0.608. The van der Waals surface area contributed by atoms with Crippen molar-refractivity contribution in [1.29, 1.82) is 5.41 Å². The summed E-state index contributed by atoms with van der Waals surface area (Å²) >= 11 is 1.64. The first-order valence-electron chi connectivity index (χ1n) is 6.30. The normalized spacial score (nSPS) is 16.4. The number of anilines is 1. The fourth-order valence-electron chi connectivity index (χ4n) is 2.37. The van der Waals surface area contributed by atoms with Crippen LogP contribution in [0.15, 0.2) is 23.1 Å². The summed E-state index contributed by atoms with van der Waals surface area (Å²) in [6.45, 7) is 2.26. The molecule has 1 aliphatic carbocycles. The monoisotopic (exact) mass is 263 g/mol. The average molecular weight is 263 g/mol.